The Bertz CT molecular complexity index is 1790. The van der Waals surface area contributed by atoms with Gasteiger partial charge in [-0.05, 0) is 56.3 Å². The molecule has 1 amide bonds. The van der Waals surface area contributed by atoms with Crippen LogP contribution in [-0.4, -0.2) is 105 Å². The molecule has 0 bridgehead atoms. The van der Waals surface area contributed by atoms with Crippen LogP contribution in [0.4, 0.5) is 17.3 Å². The van der Waals surface area contributed by atoms with Crippen molar-refractivity contribution in [3.8, 4) is 23.2 Å². The number of carbonyl (C=O) groups excluding carboxylic acids is 1. The van der Waals surface area contributed by atoms with E-state index in [0.717, 1.165) is 50.8 Å². The molecule has 3 saturated heterocycles. The van der Waals surface area contributed by atoms with E-state index in [2.05, 4.69) is 65.4 Å². The minimum atomic E-state index is -0.134. The van der Waals surface area contributed by atoms with Crippen LogP contribution in [0, 0.1) is 31.1 Å². The van der Waals surface area contributed by atoms with Crippen LogP contribution in [0.3, 0.4) is 0 Å². The van der Waals surface area contributed by atoms with Crippen LogP contribution in [0.15, 0.2) is 48.8 Å². The lowest BCUT2D eigenvalue weighted by atomic mass is 9.95. The van der Waals surface area contributed by atoms with Gasteiger partial charge in [-0.2, -0.15) is 15.3 Å². The normalized spacial score (nSPS) is 20.2. The minimum absolute atomic E-state index is 0.0150. The van der Waals surface area contributed by atoms with Crippen LogP contribution in [0.1, 0.15) is 40.7 Å². The molecule has 248 valence electrons. The monoisotopic (exact) mass is 648 g/mol. The zero-order valence-electron chi connectivity index (χ0n) is 27.5. The van der Waals surface area contributed by atoms with Gasteiger partial charge in [0.1, 0.15) is 24.3 Å². The number of rotatable bonds is 8. The molecular formula is C35H40N10O3. The van der Waals surface area contributed by atoms with Gasteiger partial charge in [-0.1, -0.05) is 6.92 Å². The zero-order valence-corrected chi connectivity index (χ0v) is 27.5. The van der Waals surface area contributed by atoms with Crippen molar-refractivity contribution in [3.05, 3.63) is 71.3 Å². The maximum atomic E-state index is 13.2. The zero-order chi connectivity index (χ0) is 33.2. The second kappa shape index (κ2) is 13.6. The Morgan fingerprint density at radius 3 is 2.52 bits per heavy atom. The third kappa shape index (κ3) is 6.54. The number of ether oxygens (including phenoxy) is 2. The first-order chi connectivity index (χ1) is 23.4. The van der Waals surface area contributed by atoms with Gasteiger partial charge in [0.05, 0.1) is 36.1 Å². The lowest BCUT2D eigenvalue weighted by Crippen LogP contribution is -2.56. The van der Waals surface area contributed by atoms with Crippen LogP contribution in [0.2, 0.25) is 0 Å². The average Bonchev–Trinajstić information content (AvgIpc) is 3.42. The molecule has 3 aliphatic rings. The number of hydrogen-bond donors (Lipinski definition) is 2. The fourth-order valence-corrected chi connectivity index (χ4v) is 6.69. The number of aryl methyl sites for hydroxylation is 2. The number of aromatic nitrogens is 5. The lowest BCUT2D eigenvalue weighted by Gasteiger charge is -2.43. The molecule has 0 saturated carbocycles. The molecule has 3 fully saturated rings. The van der Waals surface area contributed by atoms with Crippen molar-refractivity contribution in [2.75, 3.05) is 62.7 Å². The van der Waals surface area contributed by atoms with Gasteiger partial charge in [-0.3, -0.25) is 14.8 Å². The molecule has 2 N–H and O–H groups in total. The van der Waals surface area contributed by atoms with E-state index in [4.69, 9.17) is 9.47 Å². The Labute approximate surface area is 279 Å². The quantitative estimate of drug-likeness (QED) is 0.286. The highest BCUT2D eigenvalue weighted by Crippen LogP contribution is 2.30. The number of anilines is 3. The predicted octanol–water partition coefficient (Wildman–Crippen LogP) is 3.94. The highest BCUT2D eigenvalue weighted by atomic mass is 16.5. The molecule has 0 aliphatic carbocycles. The number of nitrogens with zero attached hydrogens (tertiary/aromatic N) is 8. The number of nitrogens with one attached hydrogen (secondary N) is 2. The number of carbonyl (C=O) groups is 1. The van der Waals surface area contributed by atoms with E-state index in [1.165, 1.54) is 12.0 Å². The van der Waals surface area contributed by atoms with Crippen LogP contribution in [0.25, 0.3) is 11.4 Å². The number of nitriles is 1. The Balaban J connectivity index is 0.968. The molecule has 0 spiro atoms. The summed E-state index contributed by atoms with van der Waals surface area (Å²) in [4.78, 5) is 33.3. The van der Waals surface area contributed by atoms with Crippen LogP contribution in [0.5, 0.6) is 5.75 Å². The predicted molar refractivity (Wildman–Crippen MR) is 180 cm³/mol. The Morgan fingerprint density at radius 2 is 1.85 bits per heavy atom. The summed E-state index contributed by atoms with van der Waals surface area (Å²) in [6, 6.07) is 16.6. The van der Waals surface area contributed by atoms with Crippen molar-refractivity contribution < 1.29 is 14.3 Å². The number of H-pyrrole nitrogens is 1. The van der Waals surface area contributed by atoms with Crippen molar-refractivity contribution >= 4 is 23.2 Å². The van der Waals surface area contributed by atoms with E-state index in [1.54, 1.807) is 12.1 Å². The first-order valence-electron chi connectivity index (χ1n) is 16.5. The SMILES string of the molecule is Cc1n[nH]c(C)c1C(=O)N1CC[C@H](Oc2ccc(-c3ncnc(Nc4ccc(N5CCN(C6COC6)CC5)cc4)n3)cc2C#N)[C@H](C)C1. The molecule has 2 aromatic carbocycles. The second-order valence-corrected chi connectivity index (χ2v) is 12.8. The Hall–Kier alpha value is -5.06. The van der Waals surface area contributed by atoms with Gasteiger partial charge in [0.15, 0.2) is 5.82 Å². The summed E-state index contributed by atoms with van der Waals surface area (Å²) in [7, 11) is 0. The average molecular weight is 649 g/mol. The first kappa shape index (κ1) is 31.5. The van der Waals surface area contributed by atoms with E-state index in [1.807, 2.05) is 36.9 Å². The largest absolute Gasteiger partial charge is 0.489 e. The van der Waals surface area contributed by atoms with E-state index in [0.29, 0.717) is 65.5 Å². The summed E-state index contributed by atoms with van der Waals surface area (Å²) in [5, 5.41) is 20.4. The lowest BCUT2D eigenvalue weighted by molar-refractivity contribution is -0.0660. The number of benzene rings is 2. The molecule has 13 heteroatoms. The van der Waals surface area contributed by atoms with Gasteiger partial charge in [0.25, 0.3) is 5.91 Å². The maximum Gasteiger partial charge on any atom is 0.257 e. The van der Waals surface area contributed by atoms with Gasteiger partial charge in [0.2, 0.25) is 5.95 Å². The number of aromatic amines is 1. The molecule has 0 unspecified atom stereocenters. The molecule has 4 aromatic rings. The Kier molecular flexibility index (Phi) is 8.92. The highest BCUT2D eigenvalue weighted by molar-refractivity contribution is 5.96. The summed E-state index contributed by atoms with van der Waals surface area (Å²) < 4.78 is 11.7. The summed E-state index contributed by atoms with van der Waals surface area (Å²) >= 11 is 0. The standard InChI is InChI=1S/C35H40N10O3/c1-22-18-45(34(46)32-23(2)41-42-24(32)3)11-10-30(22)48-31-9-4-25(16-26(31)17-36)33-37-21-38-35(40-33)39-27-5-7-28(8-6-27)43-12-14-44(15-13-43)29-19-47-20-29/h4-9,16,21-22,29-30H,10-15,18-20H2,1-3H3,(H,41,42)(H,37,38,39,40)/t22-,30+/m1/s1. The molecule has 5 heterocycles. The molecule has 13 nitrogen and oxygen atoms in total. The molecule has 48 heavy (non-hydrogen) atoms. The van der Waals surface area contributed by atoms with Gasteiger partial charge in [-0.25, -0.2) is 9.97 Å². The third-order valence-electron chi connectivity index (χ3n) is 9.60. The van der Waals surface area contributed by atoms with E-state index in [9.17, 15) is 10.1 Å². The first-order valence-corrected chi connectivity index (χ1v) is 16.5. The molecule has 0 radical (unpaired) electrons. The fourth-order valence-electron chi connectivity index (χ4n) is 6.69. The summed E-state index contributed by atoms with van der Waals surface area (Å²) in [5.41, 5.74) is 5.27. The van der Waals surface area contributed by atoms with Crippen molar-refractivity contribution in [2.45, 2.75) is 39.3 Å². The molecule has 3 aliphatic heterocycles. The second-order valence-electron chi connectivity index (χ2n) is 12.8. The van der Waals surface area contributed by atoms with Crippen molar-refractivity contribution in [3.63, 3.8) is 0 Å². The number of likely N-dealkylation sites (tertiary alicyclic amines) is 1. The number of amides is 1. The smallest absolute Gasteiger partial charge is 0.257 e. The van der Waals surface area contributed by atoms with Gasteiger partial charge in [-0.15, -0.1) is 0 Å². The van der Waals surface area contributed by atoms with Crippen LogP contribution in [-0.2, 0) is 4.74 Å². The van der Waals surface area contributed by atoms with Crippen molar-refractivity contribution in [1.29, 1.82) is 5.26 Å². The van der Waals surface area contributed by atoms with Crippen LogP contribution >= 0.6 is 0 Å². The fraction of sp³-hybridized carbons (Fsp3) is 0.429. The minimum Gasteiger partial charge on any atom is -0.489 e. The maximum absolute atomic E-state index is 13.2. The van der Waals surface area contributed by atoms with Crippen LogP contribution < -0.4 is 15.0 Å². The Morgan fingerprint density at radius 1 is 1.06 bits per heavy atom. The molecule has 7 rings (SSSR count). The molecule has 2 aromatic heterocycles. The van der Waals surface area contributed by atoms with Gasteiger partial charge >= 0.3 is 0 Å². The number of piperidine rings is 1. The van der Waals surface area contributed by atoms with E-state index in [-0.39, 0.29) is 17.9 Å². The number of piperazine rings is 1. The third-order valence-corrected chi connectivity index (χ3v) is 9.60. The van der Waals surface area contributed by atoms with Crippen molar-refractivity contribution in [2.24, 2.45) is 5.92 Å². The topological polar surface area (TPSA) is 148 Å². The summed E-state index contributed by atoms with van der Waals surface area (Å²) in [5.74, 6) is 1.43. The summed E-state index contributed by atoms with van der Waals surface area (Å²) in [6.45, 7) is 12.7. The van der Waals surface area contributed by atoms with Gasteiger partial charge in [0, 0.05) is 74.2 Å². The molecule has 2 atom stereocenters. The number of hydrogen-bond acceptors (Lipinski definition) is 11. The van der Waals surface area contributed by atoms with E-state index < -0.39 is 0 Å². The molecular weight excluding hydrogens is 608 g/mol. The van der Waals surface area contributed by atoms with E-state index >= 15 is 0 Å². The van der Waals surface area contributed by atoms with Crippen molar-refractivity contribution in [1.82, 2.24) is 34.9 Å². The summed E-state index contributed by atoms with van der Waals surface area (Å²) in [6.07, 6.45) is 1.99. The van der Waals surface area contributed by atoms with Gasteiger partial charge < -0.3 is 24.6 Å². The highest BCUT2D eigenvalue weighted by Gasteiger charge is 2.33.